The zero-order valence-electron chi connectivity index (χ0n) is 62.5. The van der Waals surface area contributed by atoms with Crippen molar-refractivity contribution in [1.82, 2.24) is 10.6 Å². The number of phenols is 2. The van der Waals surface area contributed by atoms with Crippen LogP contribution in [0.5, 0.6) is 34.5 Å². The largest absolute Gasteiger partial charge is 0.507 e. The second-order valence-corrected chi connectivity index (χ2v) is 32.9. The molecule has 2 aliphatic heterocycles. The molecule has 0 radical (unpaired) electrons. The van der Waals surface area contributed by atoms with Crippen molar-refractivity contribution in [2.45, 2.75) is 181 Å². The Hall–Kier alpha value is -9.34. The van der Waals surface area contributed by atoms with Gasteiger partial charge >= 0.3 is 0 Å². The van der Waals surface area contributed by atoms with E-state index < -0.39 is 0 Å². The Kier molecular flexibility index (Phi) is 20.3. The molecule has 8 heteroatoms. The highest BCUT2D eigenvalue weighted by Crippen LogP contribution is 2.47. The summed E-state index contributed by atoms with van der Waals surface area (Å²) in [6.45, 7) is 33.0. The van der Waals surface area contributed by atoms with Gasteiger partial charge in [-0.15, -0.1) is 0 Å². The first-order valence-corrected chi connectivity index (χ1v) is 37.0. The summed E-state index contributed by atoms with van der Waals surface area (Å²) in [6.07, 6.45) is 2.73. The highest BCUT2D eigenvalue weighted by atomic mass is 16.5. The van der Waals surface area contributed by atoms with Crippen LogP contribution in [0.3, 0.4) is 0 Å². The van der Waals surface area contributed by atoms with Crippen molar-refractivity contribution >= 4 is 21.5 Å². The summed E-state index contributed by atoms with van der Waals surface area (Å²) in [4.78, 5) is 0. The van der Waals surface area contributed by atoms with Gasteiger partial charge < -0.3 is 29.2 Å². The van der Waals surface area contributed by atoms with Crippen LogP contribution in [0.2, 0.25) is 0 Å². The lowest BCUT2D eigenvalue weighted by atomic mass is 9.79. The summed E-state index contributed by atoms with van der Waals surface area (Å²) in [5, 5.41) is 39.2. The summed E-state index contributed by atoms with van der Waals surface area (Å²) in [5.74, 6) is 3.64. The Morgan fingerprint density at radius 3 is 0.971 bits per heavy atom. The van der Waals surface area contributed by atoms with Crippen LogP contribution >= 0.6 is 0 Å². The van der Waals surface area contributed by atoms with E-state index in [1.807, 2.05) is 0 Å². The molecule has 11 aromatic carbocycles. The fraction of sp³-hybridized carbons (Fsp3) is 0.340. The van der Waals surface area contributed by atoms with Gasteiger partial charge in [0.2, 0.25) is 0 Å². The van der Waals surface area contributed by atoms with Gasteiger partial charge in [0.1, 0.15) is 34.5 Å². The quantitative estimate of drug-likeness (QED) is 0.131. The maximum absolute atomic E-state index is 13.2. The fourth-order valence-electron chi connectivity index (χ4n) is 15.0. The second-order valence-electron chi connectivity index (χ2n) is 32.9. The zero-order chi connectivity index (χ0) is 71.8. The molecule has 0 saturated heterocycles. The Labute approximate surface area is 606 Å². The van der Waals surface area contributed by atoms with E-state index >= 15 is 0 Å². The van der Waals surface area contributed by atoms with Crippen molar-refractivity contribution in [2.24, 2.45) is 0 Å². The van der Waals surface area contributed by atoms with Crippen LogP contribution < -0.4 is 29.6 Å². The van der Waals surface area contributed by atoms with Crippen LogP contribution in [0, 0.1) is 0 Å². The SMILES string of the molecule is C[C@H](N[C@H]1c2cccc(c2)[C@H](N[C@@H](C)c2ccccc2)c2c(ccc3ccccc23)OCCCOc2c3cc(C(C)(C)C)cc2Cc2cc(C(C)(C)C)cc(c2O)Cc2cc(C(C)(C)C)cc(c2OCCCOc2ccc4ccccc4c21)Cc1cc(C(C)(C)C)cc(c1O)C3)c1ccccc1. The normalized spacial score (nSPS) is 16.3. The number of hydrogen-bond donors (Lipinski definition) is 4. The number of rotatable bonds is 6. The summed E-state index contributed by atoms with van der Waals surface area (Å²) in [5.41, 5.74) is 17.4. The molecule has 11 aromatic rings. The predicted octanol–water partition coefficient (Wildman–Crippen LogP) is 22.2. The van der Waals surface area contributed by atoms with Crippen LogP contribution in [-0.2, 0) is 47.3 Å². The van der Waals surface area contributed by atoms with Crippen LogP contribution in [0.4, 0.5) is 0 Å². The number of ether oxygens (including phenoxy) is 4. The molecule has 0 fully saturated rings. The van der Waals surface area contributed by atoms with Crippen molar-refractivity contribution in [3.05, 3.63) is 306 Å². The molecule has 102 heavy (non-hydrogen) atoms. The first kappa shape index (κ1) is 71.1. The Morgan fingerprint density at radius 2 is 0.637 bits per heavy atom. The minimum atomic E-state index is -0.355. The monoisotopic (exact) mass is 1360 g/mol. The van der Waals surface area contributed by atoms with E-state index in [2.05, 4.69) is 314 Å². The van der Waals surface area contributed by atoms with Crippen LogP contribution in [-0.4, -0.2) is 36.6 Å². The van der Waals surface area contributed by atoms with Crippen LogP contribution in [0.15, 0.2) is 206 Å². The standard InChI is InChI=1S/C94H104N2O6/c1-59(61-28-17-15-18-29-61)95-85-65-34-25-35-66(46-65)86(96-60(2)62-30-19-16-20-31-62)84-80-37-24-22-33-64(80)39-41-82(84)100-43-27-45-102-90-73-49-69-53-75(91(3,4)5)51-67(87(69)97)47-71-55-77(93(9,10)11)56-72(89(71)101-44-26-42-99-81-40-38-63-32-21-23-36-79(63)83(81)85)48-68-52-76(92(6,7)8)54-70(88(68)98)50-74(90)58-78(57-73)94(12,13)14/h15-25,28-41,46,51-60,85-86,95-98H,26-27,42-45,47-50H2,1-14H3/t59-,60-,85-,86-/m0/s1. The van der Waals surface area contributed by atoms with E-state index in [0.717, 1.165) is 134 Å². The van der Waals surface area contributed by atoms with E-state index in [9.17, 15) is 10.2 Å². The zero-order valence-corrected chi connectivity index (χ0v) is 62.5. The maximum Gasteiger partial charge on any atom is 0.126 e. The lowest BCUT2D eigenvalue weighted by Gasteiger charge is -2.30. The average Bonchev–Trinajstić information content (AvgIpc) is 0.767. The van der Waals surface area contributed by atoms with Crippen LogP contribution in [0.25, 0.3) is 21.5 Å². The van der Waals surface area contributed by atoms with E-state index in [1.165, 1.54) is 11.1 Å². The molecule has 8 nitrogen and oxygen atoms in total. The number of nitrogens with one attached hydrogen (secondary N) is 2. The summed E-state index contributed by atoms with van der Waals surface area (Å²) in [6, 6.07) is 73.8. The molecule has 12 bridgehead atoms. The molecule has 0 spiro atoms. The molecule has 0 saturated carbocycles. The topological polar surface area (TPSA) is 101 Å². The molecule has 0 unspecified atom stereocenters. The molecule has 2 heterocycles. The second kappa shape index (κ2) is 29.2. The smallest absolute Gasteiger partial charge is 0.126 e. The Balaban J connectivity index is 1.03. The van der Waals surface area contributed by atoms with Crippen molar-refractivity contribution in [3.63, 3.8) is 0 Å². The summed E-state index contributed by atoms with van der Waals surface area (Å²) >= 11 is 0. The van der Waals surface area contributed by atoms with Gasteiger partial charge in [0, 0.05) is 61.7 Å². The predicted molar refractivity (Wildman–Crippen MR) is 420 cm³/mol. The van der Waals surface area contributed by atoms with Gasteiger partial charge in [-0.3, -0.25) is 10.6 Å². The lowest BCUT2D eigenvalue weighted by Crippen LogP contribution is -2.28. The van der Waals surface area contributed by atoms with Gasteiger partial charge in [-0.2, -0.15) is 0 Å². The minimum Gasteiger partial charge on any atom is -0.507 e. The third-order valence-corrected chi connectivity index (χ3v) is 21.0. The van der Waals surface area contributed by atoms with Crippen molar-refractivity contribution in [3.8, 4) is 34.5 Å². The van der Waals surface area contributed by atoms with Crippen LogP contribution in [0.1, 0.15) is 234 Å². The molecule has 526 valence electrons. The van der Waals surface area contributed by atoms with E-state index in [1.54, 1.807) is 0 Å². The highest BCUT2D eigenvalue weighted by molar-refractivity contribution is 5.90. The maximum atomic E-state index is 13.2. The highest BCUT2D eigenvalue weighted by Gasteiger charge is 2.32. The third kappa shape index (κ3) is 15.5. The van der Waals surface area contributed by atoms with Gasteiger partial charge in [0.15, 0.2) is 0 Å². The van der Waals surface area contributed by atoms with Gasteiger partial charge in [-0.05, 0) is 158 Å². The molecule has 0 amide bonds. The number of hydrogen-bond acceptors (Lipinski definition) is 8. The molecule has 1 aliphatic carbocycles. The van der Waals surface area contributed by atoms with Gasteiger partial charge in [-0.1, -0.05) is 277 Å². The number of benzene rings is 11. The molecule has 3 aliphatic rings. The third-order valence-electron chi connectivity index (χ3n) is 21.0. The average molecular weight is 1360 g/mol. The van der Waals surface area contributed by atoms with Crippen molar-refractivity contribution in [1.29, 1.82) is 0 Å². The van der Waals surface area contributed by atoms with Gasteiger partial charge in [0.25, 0.3) is 0 Å². The Morgan fingerprint density at radius 1 is 0.333 bits per heavy atom. The minimum absolute atomic E-state index is 0.0693. The number of fused-ring (bicyclic) bond motifs is 10. The van der Waals surface area contributed by atoms with Gasteiger partial charge in [0.05, 0.1) is 38.5 Å². The molecular weight excluding hydrogens is 1250 g/mol. The Bertz CT molecular complexity index is 4430. The van der Waals surface area contributed by atoms with E-state index in [-0.39, 0.29) is 57.3 Å². The lowest BCUT2D eigenvalue weighted by molar-refractivity contribution is 0.243. The van der Waals surface area contributed by atoms with E-state index in [4.69, 9.17) is 18.9 Å². The molecule has 4 N–H and O–H groups in total. The first-order valence-electron chi connectivity index (χ1n) is 37.0. The van der Waals surface area contributed by atoms with Crippen molar-refractivity contribution in [2.75, 3.05) is 26.4 Å². The van der Waals surface area contributed by atoms with Crippen molar-refractivity contribution < 1.29 is 29.2 Å². The fourth-order valence-corrected chi connectivity index (χ4v) is 15.0. The summed E-state index contributed by atoms with van der Waals surface area (Å²) < 4.78 is 29.3. The molecule has 14 rings (SSSR count). The number of phenolic OH excluding ortho intramolecular Hbond substituents is 2. The summed E-state index contributed by atoms with van der Waals surface area (Å²) in [7, 11) is 0. The van der Waals surface area contributed by atoms with E-state index in [0.29, 0.717) is 65.0 Å². The van der Waals surface area contributed by atoms with Gasteiger partial charge in [-0.25, -0.2) is 0 Å². The first-order chi connectivity index (χ1) is 48.7. The molecular formula is C94H104N2O6. The molecule has 0 aromatic heterocycles. The number of aromatic hydroxyl groups is 2. The molecule has 4 atom stereocenters.